The maximum atomic E-state index is 11.6. The molecule has 0 radical (unpaired) electrons. The van der Waals surface area contributed by atoms with Crippen LogP contribution >= 0.6 is 0 Å². The SMILES string of the molecule is O=C1NCC2CN(c3ccc4ncc([N+](=O)[O-])n4n3)CCN12. The van der Waals surface area contributed by atoms with E-state index in [1.165, 1.54) is 10.7 Å². The Hall–Kier alpha value is -2.91. The van der Waals surface area contributed by atoms with Crippen molar-refractivity contribution >= 4 is 23.3 Å². The second kappa shape index (κ2) is 4.55. The van der Waals surface area contributed by atoms with Gasteiger partial charge in [-0.15, -0.1) is 0 Å². The lowest BCUT2D eigenvalue weighted by molar-refractivity contribution is -0.391. The zero-order chi connectivity index (χ0) is 15.3. The number of nitrogens with zero attached hydrogens (tertiary/aromatic N) is 6. The van der Waals surface area contributed by atoms with Crippen LogP contribution in [0.2, 0.25) is 0 Å². The molecule has 1 unspecified atom stereocenters. The number of anilines is 1. The molecular weight excluding hydrogens is 290 g/mol. The standard InChI is InChI=1S/C12H13N7O3/c20-12-14-5-8-7-16(3-4-17(8)12)10-2-1-9-13-6-11(19(21)22)18(9)15-10/h1-2,6,8H,3-5,7H2,(H,14,20). The molecular formula is C12H13N7O3. The molecule has 2 saturated heterocycles. The van der Waals surface area contributed by atoms with E-state index >= 15 is 0 Å². The maximum absolute atomic E-state index is 11.6. The summed E-state index contributed by atoms with van der Waals surface area (Å²) in [5.41, 5.74) is 0.437. The van der Waals surface area contributed by atoms with E-state index in [0.29, 0.717) is 37.6 Å². The first-order chi connectivity index (χ1) is 10.6. The number of piperazine rings is 1. The van der Waals surface area contributed by atoms with E-state index in [0.717, 1.165) is 0 Å². The van der Waals surface area contributed by atoms with Crippen LogP contribution in [-0.2, 0) is 0 Å². The maximum Gasteiger partial charge on any atom is 0.368 e. The summed E-state index contributed by atoms with van der Waals surface area (Å²) in [6, 6.07) is 3.58. The van der Waals surface area contributed by atoms with E-state index in [2.05, 4.69) is 15.4 Å². The Morgan fingerprint density at radius 3 is 3.05 bits per heavy atom. The highest BCUT2D eigenvalue weighted by Crippen LogP contribution is 2.21. The summed E-state index contributed by atoms with van der Waals surface area (Å²) in [6.45, 7) is 2.52. The minimum atomic E-state index is -0.506. The molecule has 2 aromatic heterocycles. The normalized spacial score (nSPS) is 21.1. The molecule has 0 spiro atoms. The molecule has 2 aliphatic heterocycles. The Morgan fingerprint density at radius 2 is 2.23 bits per heavy atom. The summed E-state index contributed by atoms with van der Waals surface area (Å²) in [5.74, 6) is 0.487. The summed E-state index contributed by atoms with van der Waals surface area (Å²) in [5, 5.41) is 18.1. The summed E-state index contributed by atoms with van der Waals surface area (Å²) in [6.07, 6.45) is 1.20. The van der Waals surface area contributed by atoms with Crippen molar-refractivity contribution in [3.8, 4) is 0 Å². The van der Waals surface area contributed by atoms with Crippen LogP contribution in [0.5, 0.6) is 0 Å². The number of amides is 2. The quantitative estimate of drug-likeness (QED) is 0.610. The number of hydrogen-bond acceptors (Lipinski definition) is 6. The van der Waals surface area contributed by atoms with Crippen molar-refractivity contribution in [2.75, 3.05) is 31.1 Å². The molecule has 2 aromatic rings. The van der Waals surface area contributed by atoms with Crippen LogP contribution in [0.15, 0.2) is 18.3 Å². The van der Waals surface area contributed by atoms with E-state index in [4.69, 9.17) is 0 Å². The lowest BCUT2D eigenvalue weighted by Crippen LogP contribution is -2.52. The van der Waals surface area contributed by atoms with Gasteiger partial charge in [0.1, 0.15) is 6.20 Å². The molecule has 0 aromatic carbocycles. The molecule has 10 heteroatoms. The van der Waals surface area contributed by atoms with E-state index in [1.54, 1.807) is 12.1 Å². The van der Waals surface area contributed by atoms with Crippen molar-refractivity contribution in [2.24, 2.45) is 0 Å². The molecule has 2 fully saturated rings. The zero-order valence-corrected chi connectivity index (χ0v) is 11.5. The first-order valence-corrected chi connectivity index (χ1v) is 6.92. The van der Waals surface area contributed by atoms with Crippen LogP contribution in [0, 0.1) is 10.1 Å². The largest absolute Gasteiger partial charge is 0.368 e. The van der Waals surface area contributed by atoms with Crippen molar-refractivity contribution in [3.63, 3.8) is 0 Å². The van der Waals surface area contributed by atoms with E-state index in [9.17, 15) is 14.9 Å². The predicted octanol–water partition coefficient (Wildman–Crippen LogP) is -0.149. The Labute approximate surface area is 124 Å². The lowest BCUT2D eigenvalue weighted by atomic mass is 10.2. The van der Waals surface area contributed by atoms with Crippen molar-refractivity contribution in [2.45, 2.75) is 6.04 Å². The number of urea groups is 1. The molecule has 2 aliphatic rings. The summed E-state index contributed by atoms with van der Waals surface area (Å²) >= 11 is 0. The molecule has 4 rings (SSSR count). The number of carbonyl (C=O) groups excluding carboxylic acids is 1. The Kier molecular flexibility index (Phi) is 2.65. The zero-order valence-electron chi connectivity index (χ0n) is 11.5. The van der Waals surface area contributed by atoms with Gasteiger partial charge in [-0.25, -0.2) is 9.78 Å². The van der Waals surface area contributed by atoms with Gasteiger partial charge in [0.25, 0.3) is 0 Å². The number of fused-ring (bicyclic) bond motifs is 2. The summed E-state index contributed by atoms with van der Waals surface area (Å²) in [7, 11) is 0. The minimum absolute atomic E-state index is 0.0293. The molecule has 0 aliphatic carbocycles. The number of aromatic nitrogens is 3. The summed E-state index contributed by atoms with van der Waals surface area (Å²) in [4.78, 5) is 29.9. The second-order valence-electron chi connectivity index (χ2n) is 5.31. The second-order valence-corrected chi connectivity index (χ2v) is 5.31. The first kappa shape index (κ1) is 12.8. The average molecular weight is 303 g/mol. The van der Waals surface area contributed by atoms with Crippen molar-refractivity contribution in [1.29, 1.82) is 0 Å². The number of carbonyl (C=O) groups is 1. The van der Waals surface area contributed by atoms with Crippen LogP contribution in [0.3, 0.4) is 0 Å². The lowest BCUT2D eigenvalue weighted by Gasteiger charge is -2.36. The Bertz CT molecular complexity index is 773. The number of rotatable bonds is 2. The third-order valence-corrected chi connectivity index (χ3v) is 4.07. The fourth-order valence-corrected chi connectivity index (χ4v) is 2.96. The van der Waals surface area contributed by atoms with Gasteiger partial charge in [-0.05, 0) is 11.0 Å². The van der Waals surface area contributed by atoms with Crippen molar-refractivity contribution in [1.82, 2.24) is 24.8 Å². The van der Waals surface area contributed by atoms with Gasteiger partial charge in [0, 0.05) is 32.2 Å². The van der Waals surface area contributed by atoms with Gasteiger partial charge in [-0.3, -0.25) is 0 Å². The predicted molar refractivity (Wildman–Crippen MR) is 75.7 cm³/mol. The molecule has 22 heavy (non-hydrogen) atoms. The van der Waals surface area contributed by atoms with Gasteiger partial charge in [0.2, 0.25) is 5.65 Å². The third kappa shape index (κ3) is 1.84. The van der Waals surface area contributed by atoms with E-state index in [-0.39, 0.29) is 17.9 Å². The molecule has 2 amide bonds. The number of nitro groups is 1. The Morgan fingerprint density at radius 1 is 1.36 bits per heavy atom. The molecule has 114 valence electrons. The van der Waals surface area contributed by atoms with Gasteiger partial charge in [0.15, 0.2) is 5.82 Å². The number of nitrogens with one attached hydrogen (secondary N) is 1. The Balaban J connectivity index is 1.65. The molecule has 1 N–H and O–H groups in total. The number of imidazole rings is 1. The molecule has 0 saturated carbocycles. The monoisotopic (exact) mass is 303 g/mol. The molecule has 4 heterocycles. The third-order valence-electron chi connectivity index (χ3n) is 4.07. The minimum Gasteiger partial charge on any atom is -0.358 e. The highest BCUT2D eigenvalue weighted by molar-refractivity contribution is 5.77. The van der Waals surface area contributed by atoms with Gasteiger partial charge in [0.05, 0.1) is 6.04 Å². The topological polar surface area (TPSA) is 109 Å². The highest BCUT2D eigenvalue weighted by Gasteiger charge is 2.36. The van der Waals surface area contributed by atoms with Gasteiger partial charge >= 0.3 is 11.8 Å². The van der Waals surface area contributed by atoms with Crippen LogP contribution < -0.4 is 10.2 Å². The molecule has 1 atom stereocenters. The van der Waals surface area contributed by atoms with Gasteiger partial charge in [-0.2, -0.15) is 0 Å². The smallest absolute Gasteiger partial charge is 0.358 e. The van der Waals surface area contributed by atoms with Gasteiger partial charge < -0.3 is 25.2 Å². The fraction of sp³-hybridized carbons (Fsp3) is 0.417. The van der Waals surface area contributed by atoms with Crippen LogP contribution in [-0.4, -0.2) is 62.7 Å². The van der Waals surface area contributed by atoms with E-state index in [1.807, 2.05) is 9.80 Å². The van der Waals surface area contributed by atoms with Gasteiger partial charge in [-0.1, -0.05) is 9.61 Å². The summed E-state index contributed by atoms with van der Waals surface area (Å²) < 4.78 is 1.24. The fourth-order valence-electron chi connectivity index (χ4n) is 2.96. The number of hydrogen-bond donors (Lipinski definition) is 1. The first-order valence-electron chi connectivity index (χ1n) is 6.92. The average Bonchev–Trinajstić information content (AvgIpc) is 3.10. The van der Waals surface area contributed by atoms with Crippen LogP contribution in [0.4, 0.5) is 16.4 Å². The highest BCUT2D eigenvalue weighted by atomic mass is 16.6. The van der Waals surface area contributed by atoms with Crippen LogP contribution in [0.1, 0.15) is 0 Å². The van der Waals surface area contributed by atoms with Crippen molar-refractivity contribution < 1.29 is 9.72 Å². The molecule has 0 bridgehead atoms. The van der Waals surface area contributed by atoms with Crippen LogP contribution in [0.25, 0.3) is 5.65 Å². The van der Waals surface area contributed by atoms with E-state index < -0.39 is 4.92 Å². The molecule has 10 nitrogen and oxygen atoms in total. The van der Waals surface area contributed by atoms with Crippen molar-refractivity contribution in [3.05, 3.63) is 28.4 Å².